The molecule has 3 aromatic rings. The van der Waals surface area contributed by atoms with Crippen molar-refractivity contribution in [1.82, 2.24) is 4.98 Å². The molecule has 0 radical (unpaired) electrons. The van der Waals surface area contributed by atoms with E-state index in [9.17, 15) is 9.00 Å². The fraction of sp³-hybridized carbons (Fsp3) is 0.0909. The number of benzene rings is 2. The number of nitrogens with zero attached hydrogens (tertiary/aromatic N) is 2. The molecular formula is C22H17ClN2O3S. The van der Waals surface area contributed by atoms with Crippen LogP contribution in [0.1, 0.15) is 21.5 Å². The number of carbonyl (C=O) groups excluding carboxylic acids is 1. The summed E-state index contributed by atoms with van der Waals surface area (Å²) in [6, 6.07) is 15.4. The van der Waals surface area contributed by atoms with Crippen LogP contribution in [0.15, 0.2) is 76.2 Å². The van der Waals surface area contributed by atoms with Crippen LogP contribution in [0.3, 0.4) is 0 Å². The van der Waals surface area contributed by atoms with Crippen molar-refractivity contribution in [3.8, 4) is 17.6 Å². The molecule has 0 saturated carbocycles. The van der Waals surface area contributed by atoms with E-state index in [1.54, 1.807) is 49.6 Å². The fourth-order valence-electron chi connectivity index (χ4n) is 2.42. The molecule has 0 saturated heterocycles. The van der Waals surface area contributed by atoms with E-state index < -0.39 is 15.6 Å². The maximum Gasteiger partial charge on any atom is 0.286 e. The van der Waals surface area contributed by atoms with Crippen LogP contribution in [0.2, 0.25) is 5.02 Å². The van der Waals surface area contributed by atoms with Crippen LogP contribution in [0, 0.1) is 11.8 Å². The third-order valence-electron chi connectivity index (χ3n) is 3.95. The molecule has 2 aromatic carbocycles. The number of pyridine rings is 1. The Kier molecular flexibility index (Phi) is 6.32. The summed E-state index contributed by atoms with van der Waals surface area (Å²) in [6.07, 6.45) is 4.32. The number of ether oxygens (including phenoxy) is 1. The lowest BCUT2D eigenvalue weighted by Gasteiger charge is -2.05. The van der Waals surface area contributed by atoms with E-state index in [4.69, 9.17) is 16.3 Å². The SMILES string of the molecule is COc1ccc(S(C)(=O)=NC(=O)c2cncc(C#Cc3ccccc3Cl)c2)cc1. The molecule has 0 bridgehead atoms. The Hall–Kier alpha value is -3.14. The van der Waals surface area contributed by atoms with Gasteiger partial charge in [0, 0.05) is 34.7 Å². The van der Waals surface area contributed by atoms with Gasteiger partial charge in [-0.25, -0.2) is 4.21 Å². The zero-order valence-corrected chi connectivity index (χ0v) is 17.3. The van der Waals surface area contributed by atoms with Crippen LogP contribution < -0.4 is 4.74 Å². The molecule has 0 aliphatic carbocycles. The van der Waals surface area contributed by atoms with Gasteiger partial charge in [0.15, 0.2) is 0 Å². The molecule has 0 aliphatic heterocycles. The summed E-state index contributed by atoms with van der Waals surface area (Å²) in [7, 11) is -1.38. The monoisotopic (exact) mass is 424 g/mol. The zero-order chi connectivity index (χ0) is 20.9. The molecule has 7 heteroatoms. The highest BCUT2D eigenvalue weighted by molar-refractivity contribution is 7.93. The maximum atomic E-state index is 12.9. The van der Waals surface area contributed by atoms with Gasteiger partial charge in [0.05, 0.1) is 27.4 Å². The van der Waals surface area contributed by atoms with Gasteiger partial charge in [0.2, 0.25) is 0 Å². The molecule has 1 amide bonds. The maximum absolute atomic E-state index is 12.9. The van der Waals surface area contributed by atoms with E-state index >= 15 is 0 Å². The second-order valence-electron chi connectivity index (χ2n) is 6.07. The summed E-state index contributed by atoms with van der Waals surface area (Å²) in [4.78, 5) is 17.0. The van der Waals surface area contributed by atoms with E-state index in [0.717, 1.165) is 0 Å². The molecule has 1 aromatic heterocycles. The van der Waals surface area contributed by atoms with Crippen LogP contribution in [0.4, 0.5) is 0 Å². The number of hydrogen-bond donors (Lipinski definition) is 0. The minimum Gasteiger partial charge on any atom is -0.497 e. The number of rotatable bonds is 3. The van der Waals surface area contributed by atoms with Crippen LogP contribution in [0.25, 0.3) is 0 Å². The first-order valence-electron chi connectivity index (χ1n) is 8.51. The Morgan fingerprint density at radius 3 is 2.52 bits per heavy atom. The average molecular weight is 425 g/mol. The van der Waals surface area contributed by atoms with Gasteiger partial charge in [0.25, 0.3) is 5.91 Å². The Morgan fingerprint density at radius 2 is 1.83 bits per heavy atom. The third kappa shape index (κ3) is 5.23. The molecule has 0 fully saturated rings. The number of amides is 1. The van der Waals surface area contributed by atoms with Gasteiger partial charge in [-0.2, -0.15) is 4.36 Å². The normalized spacial score (nSPS) is 12.2. The first-order valence-corrected chi connectivity index (χ1v) is 10.8. The van der Waals surface area contributed by atoms with E-state index in [1.807, 2.05) is 12.1 Å². The summed E-state index contributed by atoms with van der Waals surface area (Å²) in [5, 5.41) is 0.542. The molecule has 1 unspecified atom stereocenters. The Morgan fingerprint density at radius 1 is 1.10 bits per heavy atom. The molecule has 0 aliphatic rings. The molecule has 1 atom stereocenters. The number of halogens is 1. The highest BCUT2D eigenvalue weighted by Crippen LogP contribution is 2.18. The van der Waals surface area contributed by atoms with Gasteiger partial charge in [-0.1, -0.05) is 35.6 Å². The Balaban J connectivity index is 1.88. The topological polar surface area (TPSA) is 68.6 Å². The average Bonchev–Trinajstić information content (AvgIpc) is 2.73. The molecular weight excluding hydrogens is 408 g/mol. The predicted octanol–water partition coefficient (Wildman–Crippen LogP) is 4.44. The van der Waals surface area contributed by atoms with E-state index in [1.165, 1.54) is 18.6 Å². The molecule has 0 spiro atoms. The standard InChI is InChI=1S/C22H17ClN2O3S/c1-28-19-9-11-20(12-10-19)29(2,27)25-22(26)18-13-16(14-24-15-18)7-8-17-5-3-4-6-21(17)23/h3-6,9-15H,1-2H3. The first-order chi connectivity index (χ1) is 13.9. The van der Waals surface area contributed by atoms with Gasteiger partial charge < -0.3 is 4.74 Å². The largest absolute Gasteiger partial charge is 0.497 e. The lowest BCUT2D eigenvalue weighted by atomic mass is 10.1. The van der Waals surface area contributed by atoms with Crippen LogP contribution >= 0.6 is 11.6 Å². The first kappa shape index (κ1) is 20.6. The van der Waals surface area contributed by atoms with Gasteiger partial charge in [-0.15, -0.1) is 0 Å². The van der Waals surface area contributed by atoms with E-state index in [2.05, 4.69) is 21.2 Å². The van der Waals surface area contributed by atoms with Gasteiger partial charge in [-0.3, -0.25) is 9.78 Å². The van der Waals surface area contributed by atoms with Crippen molar-refractivity contribution in [1.29, 1.82) is 0 Å². The van der Waals surface area contributed by atoms with Crippen molar-refractivity contribution in [2.75, 3.05) is 13.4 Å². The van der Waals surface area contributed by atoms with Crippen molar-refractivity contribution < 1.29 is 13.7 Å². The number of hydrogen-bond acceptors (Lipinski definition) is 4. The lowest BCUT2D eigenvalue weighted by molar-refractivity contribution is 0.100. The molecule has 0 N–H and O–H groups in total. The van der Waals surface area contributed by atoms with E-state index in [0.29, 0.717) is 26.8 Å². The van der Waals surface area contributed by atoms with E-state index in [-0.39, 0.29) is 5.56 Å². The Bertz CT molecular complexity index is 1230. The summed E-state index contributed by atoms with van der Waals surface area (Å²) in [5.74, 6) is 5.88. The number of carbonyl (C=O) groups is 1. The molecule has 3 rings (SSSR count). The second kappa shape index (κ2) is 8.91. The van der Waals surface area contributed by atoms with Crippen molar-refractivity contribution >= 4 is 27.2 Å². The van der Waals surface area contributed by atoms with Crippen LogP contribution in [-0.4, -0.2) is 28.5 Å². The van der Waals surface area contributed by atoms with Crippen LogP contribution in [0.5, 0.6) is 5.75 Å². The smallest absolute Gasteiger partial charge is 0.286 e. The van der Waals surface area contributed by atoms with Gasteiger partial charge in [-0.05, 0) is 42.5 Å². The van der Waals surface area contributed by atoms with Crippen molar-refractivity contribution in [3.05, 3.63) is 88.7 Å². The van der Waals surface area contributed by atoms with Gasteiger partial charge in [0.1, 0.15) is 5.75 Å². The third-order valence-corrected chi connectivity index (χ3v) is 5.95. The number of aromatic nitrogens is 1. The molecule has 146 valence electrons. The summed E-state index contributed by atoms with van der Waals surface area (Å²) in [6.45, 7) is 0. The summed E-state index contributed by atoms with van der Waals surface area (Å²) >= 11 is 6.10. The fourth-order valence-corrected chi connectivity index (χ4v) is 3.77. The van der Waals surface area contributed by atoms with Crippen molar-refractivity contribution in [2.24, 2.45) is 4.36 Å². The van der Waals surface area contributed by atoms with Gasteiger partial charge >= 0.3 is 0 Å². The molecule has 1 heterocycles. The minimum atomic E-state index is -2.92. The van der Waals surface area contributed by atoms with Crippen molar-refractivity contribution in [2.45, 2.75) is 4.90 Å². The molecule has 29 heavy (non-hydrogen) atoms. The lowest BCUT2D eigenvalue weighted by Crippen LogP contribution is -2.04. The summed E-state index contributed by atoms with van der Waals surface area (Å²) in [5.41, 5.74) is 1.41. The highest BCUT2D eigenvalue weighted by Gasteiger charge is 2.12. The Labute approximate surface area is 174 Å². The molecule has 5 nitrogen and oxygen atoms in total. The second-order valence-corrected chi connectivity index (χ2v) is 8.73. The van der Waals surface area contributed by atoms with Crippen molar-refractivity contribution in [3.63, 3.8) is 0 Å². The highest BCUT2D eigenvalue weighted by atomic mass is 35.5. The van der Waals surface area contributed by atoms with Crippen LogP contribution in [-0.2, 0) is 9.73 Å². The minimum absolute atomic E-state index is 0.207. The quantitative estimate of drug-likeness (QED) is 0.583. The zero-order valence-electron chi connectivity index (χ0n) is 15.8. The number of methoxy groups -OCH3 is 1. The summed E-state index contributed by atoms with van der Waals surface area (Å²) < 4.78 is 21.9. The predicted molar refractivity (Wildman–Crippen MR) is 114 cm³/mol.